The molecule has 1 fully saturated rings. The van der Waals surface area contributed by atoms with Crippen LogP contribution in [0.3, 0.4) is 0 Å². The van der Waals surface area contributed by atoms with Gasteiger partial charge in [-0.2, -0.15) is 0 Å². The van der Waals surface area contributed by atoms with E-state index in [-0.39, 0.29) is 36.1 Å². The molecule has 8 heteroatoms. The zero-order chi connectivity index (χ0) is 24.0. The lowest BCUT2D eigenvalue weighted by Crippen LogP contribution is -2.30. The second-order valence-corrected chi connectivity index (χ2v) is 9.94. The molecule has 4 atom stereocenters. The number of benzene rings is 2. The third-order valence-electron chi connectivity index (χ3n) is 6.63. The lowest BCUT2D eigenvalue weighted by atomic mass is 9.68. The molecule has 1 aliphatic heterocycles. The predicted octanol–water partition coefficient (Wildman–Crippen LogP) is 7.03. The summed E-state index contributed by atoms with van der Waals surface area (Å²) in [5, 5.41) is 1.61. The van der Waals surface area contributed by atoms with Gasteiger partial charge in [-0.3, -0.25) is 9.78 Å². The maximum atomic E-state index is 13.7. The van der Waals surface area contributed by atoms with Gasteiger partial charge in [-0.1, -0.05) is 59.1 Å². The number of nitrogens with zero attached hydrogens (tertiary/aromatic N) is 2. The number of aromatic nitrogens is 1. The number of carbonyl (C=O) groups excluding carboxylic acids is 1. The molecule has 0 radical (unpaired) electrons. The van der Waals surface area contributed by atoms with E-state index in [0.717, 1.165) is 23.4 Å². The number of halogens is 5. The fourth-order valence-electron chi connectivity index (χ4n) is 5.10. The maximum Gasteiger partial charge on any atom is 0.230 e. The van der Waals surface area contributed by atoms with Crippen LogP contribution in [0.25, 0.3) is 0 Å². The van der Waals surface area contributed by atoms with Gasteiger partial charge in [0, 0.05) is 52.8 Å². The summed E-state index contributed by atoms with van der Waals surface area (Å²) < 4.78 is 27.1. The van der Waals surface area contributed by atoms with Crippen LogP contribution in [0.2, 0.25) is 15.1 Å². The molecule has 1 aromatic heterocycles. The predicted molar refractivity (Wildman–Crippen MR) is 129 cm³/mol. The zero-order valence-corrected chi connectivity index (χ0v) is 20.0. The Hall–Kier alpha value is -2.47. The van der Waals surface area contributed by atoms with E-state index in [4.69, 9.17) is 34.8 Å². The van der Waals surface area contributed by atoms with Gasteiger partial charge in [0.05, 0.1) is 10.9 Å². The zero-order valence-electron chi connectivity index (χ0n) is 17.8. The highest BCUT2D eigenvalue weighted by Crippen LogP contribution is 2.50. The Morgan fingerprint density at radius 2 is 1.68 bits per heavy atom. The fourth-order valence-corrected chi connectivity index (χ4v) is 5.74. The Balaban J connectivity index is 1.51. The average Bonchev–Trinajstić information content (AvgIpc) is 3.12. The third-order valence-corrected chi connectivity index (χ3v) is 7.42. The molecule has 0 saturated carbocycles. The normalized spacial score (nSPS) is 23.9. The van der Waals surface area contributed by atoms with Gasteiger partial charge in [-0.05, 0) is 47.5 Å². The molecule has 0 unspecified atom stereocenters. The summed E-state index contributed by atoms with van der Waals surface area (Å²) in [6.07, 6.45) is 5.54. The minimum Gasteiger partial charge on any atom is -0.338 e. The molecule has 1 aliphatic carbocycles. The summed E-state index contributed by atoms with van der Waals surface area (Å²) >= 11 is 18.8. The van der Waals surface area contributed by atoms with Crippen LogP contribution in [0.5, 0.6) is 0 Å². The topological polar surface area (TPSA) is 33.2 Å². The van der Waals surface area contributed by atoms with Gasteiger partial charge in [0.2, 0.25) is 5.91 Å². The minimum atomic E-state index is -0.929. The van der Waals surface area contributed by atoms with Gasteiger partial charge >= 0.3 is 0 Å². The van der Waals surface area contributed by atoms with E-state index >= 15 is 0 Å². The molecule has 1 amide bonds. The molecular formula is C26H19Cl3F2N2O. The third kappa shape index (κ3) is 4.33. The van der Waals surface area contributed by atoms with E-state index in [2.05, 4.69) is 4.98 Å². The first-order valence-electron chi connectivity index (χ1n) is 10.8. The first-order valence-corrected chi connectivity index (χ1v) is 11.9. The van der Waals surface area contributed by atoms with Crippen molar-refractivity contribution in [3.05, 3.63) is 110 Å². The lowest BCUT2D eigenvalue weighted by Gasteiger charge is -2.35. The van der Waals surface area contributed by atoms with Crippen LogP contribution in [0.1, 0.15) is 28.7 Å². The average molecular weight is 520 g/mol. The van der Waals surface area contributed by atoms with Crippen molar-refractivity contribution in [2.45, 2.75) is 18.4 Å². The molecule has 2 aliphatic rings. The summed E-state index contributed by atoms with van der Waals surface area (Å²) in [6.45, 7) is 0.646. The lowest BCUT2D eigenvalue weighted by molar-refractivity contribution is -0.130. The monoisotopic (exact) mass is 518 g/mol. The molecular weight excluding hydrogens is 501 g/mol. The highest BCUT2D eigenvalue weighted by molar-refractivity contribution is 6.35. The van der Waals surface area contributed by atoms with Crippen molar-refractivity contribution in [1.29, 1.82) is 0 Å². The molecule has 3 aromatic rings. The summed E-state index contributed by atoms with van der Waals surface area (Å²) in [7, 11) is 0. The Morgan fingerprint density at radius 3 is 2.38 bits per heavy atom. The molecule has 2 heterocycles. The van der Waals surface area contributed by atoms with Crippen LogP contribution < -0.4 is 0 Å². The number of pyridine rings is 1. The molecule has 0 bridgehead atoms. The Kier molecular flexibility index (Phi) is 6.36. The summed E-state index contributed by atoms with van der Waals surface area (Å²) in [5.41, 5.74) is 2.24. The van der Waals surface area contributed by atoms with E-state index in [1.54, 1.807) is 29.3 Å². The number of hydrogen-bond donors (Lipinski definition) is 0. The number of carbonyl (C=O) groups is 1. The van der Waals surface area contributed by atoms with Gasteiger partial charge in [0.25, 0.3) is 0 Å². The quantitative estimate of drug-likeness (QED) is 0.347. The second-order valence-electron chi connectivity index (χ2n) is 8.66. The van der Waals surface area contributed by atoms with E-state index in [9.17, 15) is 13.6 Å². The second kappa shape index (κ2) is 9.29. The number of rotatable bonds is 4. The van der Waals surface area contributed by atoms with Crippen molar-refractivity contribution >= 4 is 40.7 Å². The first-order chi connectivity index (χ1) is 16.3. The van der Waals surface area contributed by atoms with Crippen LogP contribution in [-0.2, 0) is 11.3 Å². The maximum absolute atomic E-state index is 13.7. The molecule has 0 N–H and O–H groups in total. The van der Waals surface area contributed by atoms with E-state index in [1.807, 2.05) is 24.3 Å². The van der Waals surface area contributed by atoms with Crippen molar-refractivity contribution in [3.8, 4) is 0 Å². The van der Waals surface area contributed by atoms with Gasteiger partial charge < -0.3 is 4.90 Å². The number of likely N-dealkylation sites (tertiary alicyclic amines) is 1. The SMILES string of the molecule is O=C1[C@@H]2C=C[C@@H](c3ccc(Cl)cc3Cl)[C@H](c3ccc(Cl)cn3)[C@@H]2CN1Cc1ccc(F)c(F)c1. The van der Waals surface area contributed by atoms with Crippen molar-refractivity contribution in [1.82, 2.24) is 9.88 Å². The van der Waals surface area contributed by atoms with Crippen LogP contribution in [0.15, 0.2) is 66.9 Å². The van der Waals surface area contributed by atoms with Gasteiger partial charge in [-0.15, -0.1) is 0 Å². The van der Waals surface area contributed by atoms with Crippen molar-refractivity contribution < 1.29 is 13.6 Å². The number of amides is 1. The molecule has 0 spiro atoms. The highest BCUT2D eigenvalue weighted by Gasteiger charge is 2.48. The fraction of sp³-hybridized carbons (Fsp3) is 0.231. The Bertz CT molecular complexity index is 1280. The molecule has 3 nitrogen and oxygen atoms in total. The van der Waals surface area contributed by atoms with E-state index in [1.165, 1.54) is 6.07 Å². The van der Waals surface area contributed by atoms with E-state index < -0.39 is 11.6 Å². The van der Waals surface area contributed by atoms with Crippen LogP contribution in [0, 0.1) is 23.5 Å². The molecule has 1 saturated heterocycles. The molecule has 34 heavy (non-hydrogen) atoms. The minimum absolute atomic E-state index is 0.0504. The van der Waals surface area contributed by atoms with Crippen LogP contribution in [0.4, 0.5) is 8.78 Å². The van der Waals surface area contributed by atoms with Crippen molar-refractivity contribution in [3.63, 3.8) is 0 Å². The van der Waals surface area contributed by atoms with Gasteiger partial charge in [0.15, 0.2) is 11.6 Å². The number of allylic oxidation sites excluding steroid dienone is 1. The van der Waals surface area contributed by atoms with Crippen molar-refractivity contribution in [2.24, 2.45) is 11.8 Å². The summed E-state index contributed by atoms with van der Waals surface area (Å²) in [4.78, 5) is 19.6. The highest BCUT2D eigenvalue weighted by atomic mass is 35.5. The first kappa shape index (κ1) is 23.3. The molecule has 5 rings (SSSR count). The summed E-state index contributed by atoms with van der Waals surface area (Å²) in [6, 6.07) is 12.8. The smallest absolute Gasteiger partial charge is 0.230 e. The van der Waals surface area contributed by atoms with E-state index in [0.29, 0.717) is 27.2 Å². The molecule has 2 aromatic carbocycles. The Morgan fingerprint density at radius 1 is 0.912 bits per heavy atom. The Labute approximate surface area is 211 Å². The standard InChI is InChI=1S/C26H19Cl3F2N2O/c27-15-2-4-17(21(29)10-15)18-5-6-19-20(25(18)24-8-3-16(28)11-32-24)13-33(26(19)34)12-14-1-7-22(30)23(31)9-14/h1-11,18-20,25H,12-13H2/t18-,19+,20+,25-/m0/s1. The van der Waals surface area contributed by atoms with Crippen LogP contribution in [-0.4, -0.2) is 22.3 Å². The number of fused-ring (bicyclic) bond motifs is 1. The summed E-state index contributed by atoms with van der Waals surface area (Å²) in [5.74, 6) is -2.61. The van der Waals surface area contributed by atoms with Gasteiger partial charge in [0.1, 0.15) is 0 Å². The largest absolute Gasteiger partial charge is 0.338 e. The van der Waals surface area contributed by atoms with Crippen molar-refractivity contribution in [2.75, 3.05) is 6.54 Å². The van der Waals surface area contributed by atoms with Crippen LogP contribution >= 0.6 is 34.8 Å². The number of hydrogen-bond acceptors (Lipinski definition) is 2. The van der Waals surface area contributed by atoms with Gasteiger partial charge in [-0.25, -0.2) is 8.78 Å². The molecule has 174 valence electrons.